The normalized spacial score (nSPS) is 13.8. The van der Waals surface area contributed by atoms with Crippen molar-refractivity contribution >= 4 is 8.72 Å². The Morgan fingerprint density at radius 1 is 1.15 bits per heavy atom. The van der Waals surface area contributed by atoms with Gasteiger partial charge in [0.25, 0.3) is 0 Å². The SMILES string of the molecule is CCN(C)[Si](OC)(OC)C(C)(C)C. The van der Waals surface area contributed by atoms with Crippen LogP contribution in [-0.4, -0.2) is 41.1 Å². The molecule has 0 aromatic carbocycles. The van der Waals surface area contributed by atoms with Crippen LogP contribution in [0.4, 0.5) is 0 Å². The highest BCUT2D eigenvalue weighted by Gasteiger charge is 2.52. The number of hydrogen-bond donors (Lipinski definition) is 0. The van der Waals surface area contributed by atoms with Crippen molar-refractivity contribution in [2.24, 2.45) is 0 Å². The Kier molecular flexibility index (Phi) is 4.58. The third kappa shape index (κ3) is 2.31. The molecule has 0 heterocycles. The highest BCUT2D eigenvalue weighted by molar-refractivity contribution is 6.67. The van der Waals surface area contributed by atoms with E-state index in [1.807, 2.05) is 0 Å². The molecular formula is C9H23NO2Si. The highest BCUT2D eigenvalue weighted by atomic mass is 28.4. The molecule has 0 radical (unpaired) electrons. The lowest BCUT2D eigenvalue weighted by Crippen LogP contribution is -2.61. The van der Waals surface area contributed by atoms with Crippen molar-refractivity contribution < 1.29 is 8.85 Å². The van der Waals surface area contributed by atoms with Gasteiger partial charge in [0.1, 0.15) is 0 Å². The van der Waals surface area contributed by atoms with Gasteiger partial charge in [0.2, 0.25) is 0 Å². The molecule has 0 spiro atoms. The maximum absolute atomic E-state index is 5.65. The molecule has 4 heteroatoms. The highest BCUT2D eigenvalue weighted by Crippen LogP contribution is 2.38. The van der Waals surface area contributed by atoms with Crippen molar-refractivity contribution in [1.82, 2.24) is 4.57 Å². The smallest absolute Gasteiger partial charge is 0.386 e. The van der Waals surface area contributed by atoms with Crippen LogP contribution in [0.25, 0.3) is 0 Å². The van der Waals surface area contributed by atoms with Gasteiger partial charge in [0, 0.05) is 19.3 Å². The fourth-order valence-corrected chi connectivity index (χ4v) is 5.36. The molecule has 13 heavy (non-hydrogen) atoms. The summed E-state index contributed by atoms with van der Waals surface area (Å²) in [4.78, 5) is 0. The summed E-state index contributed by atoms with van der Waals surface area (Å²) < 4.78 is 13.5. The number of rotatable bonds is 4. The van der Waals surface area contributed by atoms with Crippen LogP contribution in [0, 0.1) is 0 Å². The monoisotopic (exact) mass is 205 g/mol. The van der Waals surface area contributed by atoms with Gasteiger partial charge in [-0.3, -0.25) is 4.57 Å². The van der Waals surface area contributed by atoms with Crippen LogP contribution in [-0.2, 0) is 8.85 Å². The third-order valence-electron chi connectivity index (χ3n) is 2.48. The molecule has 3 nitrogen and oxygen atoms in total. The molecule has 0 atom stereocenters. The molecule has 0 rings (SSSR count). The summed E-state index contributed by atoms with van der Waals surface area (Å²) >= 11 is 0. The maximum Gasteiger partial charge on any atom is 0.432 e. The van der Waals surface area contributed by atoms with Gasteiger partial charge < -0.3 is 8.85 Å². The van der Waals surface area contributed by atoms with E-state index >= 15 is 0 Å². The molecule has 0 fully saturated rings. The van der Waals surface area contributed by atoms with Gasteiger partial charge in [-0.25, -0.2) is 0 Å². The molecule has 0 unspecified atom stereocenters. The molecule has 0 N–H and O–H groups in total. The molecule has 0 aliphatic rings. The van der Waals surface area contributed by atoms with Crippen molar-refractivity contribution in [2.75, 3.05) is 27.8 Å². The minimum absolute atomic E-state index is 0.0568. The fourth-order valence-electron chi connectivity index (χ4n) is 1.79. The van der Waals surface area contributed by atoms with E-state index in [4.69, 9.17) is 8.85 Å². The van der Waals surface area contributed by atoms with Gasteiger partial charge in [0.15, 0.2) is 0 Å². The second-order valence-electron chi connectivity index (χ2n) is 4.25. The Bertz CT molecular complexity index is 152. The first-order chi connectivity index (χ1) is 5.85. The second-order valence-corrected chi connectivity index (χ2v) is 8.50. The third-order valence-corrected chi connectivity index (χ3v) is 6.80. The quantitative estimate of drug-likeness (QED) is 0.655. The van der Waals surface area contributed by atoms with Crippen LogP contribution in [0.5, 0.6) is 0 Å². The molecule has 0 bridgehead atoms. The molecule has 0 amide bonds. The van der Waals surface area contributed by atoms with E-state index in [9.17, 15) is 0 Å². The number of hydrogen-bond acceptors (Lipinski definition) is 3. The van der Waals surface area contributed by atoms with E-state index in [2.05, 4.69) is 39.3 Å². The molecule has 80 valence electrons. The summed E-state index contributed by atoms with van der Waals surface area (Å²) in [5.41, 5.74) is 0. The molecular weight excluding hydrogens is 182 g/mol. The van der Waals surface area contributed by atoms with Gasteiger partial charge in [-0.15, -0.1) is 0 Å². The standard InChI is InChI=1S/C9H23NO2Si/c1-8-10(5)13(11-6,12-7)9(2,3)4/h8H2,1-7H3. The molecule has 0 saturated heterocycles. The predicted octanol–water partition coefficient (Wildman–Crippen LogP) is 1.97. The maximum atomic E-state index is 5.65. The second kappa shape index (κ2) is 4.55. The Hall–Kier alpha value is 0.0969. The van der Waals surface area contributed by atoms with Crippen LogP contribution in [0.3, 0.4) is 0 Å². The first kappa shape index (κ1) is 13.1. The zero-order valence-corrected chi connectivity index (χ0v) is 11.0. The minimum Gasteiger partial charge on any atom is -0.386 e. The lowest BCUT2D eigenvalue weighted by atomic mass is 10.3. The Balaban J connectivity index is 4.91. The lowest BCUT2D eigenvalue weighted by molar-refractivity contribution is 0.151. The average Bonchev–Trinajstić information content (AvgIpc) is 2.04. The van der Waals surface area contributed by atoms with Crippen LogP contribution in [0.2, 0.25) is 5.04 Å². The average molecular weight is 205 g/mol. The van der Waals surface area contributed by atoms with E-state index in [-0.39, 0.29) is 5.04 Å². The summed E-state index contributed by atoms with van der Waals surface area (Å²) in [7, 11) is 3.33. The summed E-state index contributed by atoms with van der Waals surface area (Å²) in [6.45, 7) is 9.56. The molecule has 0 aromatic rings. The van der Waals surface area contributed by atoms with E-state index < -0.39 is 8.72 Å². The van der Waals surface area contributed by atoms with Crippen molar-refractivity contribution in [3.63, 3.8) is 0 Å². The van der Waals surface area contributed by atoms with Gasteiger partial charge in [0.05, 0.1) is 0 Å². The largest absolute Gasteiger partial charge is 0.432 e. The van der Waals surface area contributed by atoms with E-state index in [0.29, 0.717) is 0 Å². The summed E-state index contributed by atoms with van der Waals surface area (Å²) in [5.74, 6) is 0. The van der Waals surface area contributed by atoms with Crippen molar-refractivity contribution in [3.8, 4) is 0 Å². The van der Waals surface area contributed by atoms with Crippen LogP contribution in [0.1, 0.15) is 27.7 Å². The van der Waals surface area contributed by atoms with Crippen molar-refractivity contribution in [3.05, 3.63) is 0 Å². The Morgan fingerprint density at radius 3 is 1.62 bits per heavy atom. The lowest BCUT2D eigenvalue weighted by Gasteiger charge is -2.43. The number of nitrogens with zero attached hydrogens (tertiary/aromatic N) is 1. The molecule has 0 aromatic heterocycles. The van der Waals surface area contributed by atoms with E-state index in [1.165, 1.54) is 0 Å². The Labute approximate surface area is 83.4 Å². The van der Waals surface area contributed by atoms with Gasteiger partial charge in [-0.05, 0) is 13.6 Å². The topological polar surface area (TPSA) is 21.7 Å². The van der Waals surface area contributed by atoms with Crippen LogP contribution < -0.4 is 0 Å². The fraction of sp³-hybridized carbons (Fsp3) is 1.00. The molecule has 0 aliphatic carbocycles. The molecule has 0 aliphatic heterocycles. The zero-order chi connectivity index (χ0) is 10.7. The van der Waals surface area contributed by atoms with Gasteiger partial charge >= 0.3 is 8.72 Å². The first-order valence-corrected chi connectivity index (χ1v) is 6.43. The van der Waals surface area contributed by atoms with Crippen LogP contribution >= 0.6 is 0 Å². The predicted molar refractivity (Wildman–Crippen MR) is 57.8 cm³/mol. The minimum atomic E-state index is -2.22. The van der Waals surface area contributed by atoms with E-state index in [1.54, 1.807) is 14.2 Å². The summed E-state index contributed by atoms with van der Waals surface area (Å²) in [5, 5.41) is 0.0568. The van der Waals surface area contributed by atoms with Crippen molar-refractivity contribution in [2.45, 2.75) is 32.7 Å². The van der Waals surface area contributed by atoms with Crippen molar-refractivity contribution in [1.29, 1.82) is 0 Å². The van der Waals surface area contributed by atoms with E-state index in [0.717, 1.165) is 6.54 Å². The zero-order valence-electron chi connectivity index (χ0n) is 9.97. The summed E-state index contributed by atoms with van der Waals surface area (Å²) in [6, 6.07) is 0. The molecule has 0 saturated carbocycles. The van der Waals surface area contributed by atoms with Crippen LogP contribution in [0.15, 0.2) is 0 Å². The van der Waals surface area contributed by atoms with Gasteiger partial charge in [-0.2, -0.15) is 0 Å². The first-order valence-electron chi connectivity index (χ1n) is 4.67. The van der Waals surface area contributed by atoms with Gasteiger partial charge in [-0.1, -0.05) is 27.7 Å². The summed E-state index contributed by atoms with van der Waals surface area (Å²) in [6.07, 6.45) is 0. The Morgan fingerprint density at radius 2 is 1.54 bits per heavy atom.